The van der Waals surface area contributed by atoms with Crippen LogP contribution in [0, 0.1) is 10.1 Å². The molecule has 0 aliphatic carbocycles. The third-order valence-corrected chi connectivity index (χ3v) is 2.76. The Hall–Kier alpha value is -2.31. The number of rotatable bonds is 7. The van der Waals surface area contributed by atoms with Crippen LogP contribution in [0.4, 0.5) is 11.4 Å². The molecule has 7 heteroatoms. The molecule has 0 unspecified atom stereocenters. The predicted molar refractivity (Wildman–Crippen MR) is 74.2 cm³/mol. The Balaban J connectivity index is 3.17. The van der Waals surface area contributed by atoms with Gasteiger partial charge in [0.2, 0.25) is 0 Å². The minimum absolute atomic E-state index is 0.0302. The number of nitrogens with zero attached hydrogens (tertiary/aromatic N) is 2. The van der Waals surface area contributed by atoms with E-state index >= 15 is 0 Å². The number of esters is 1. The molecule has 7 nitrogen and oxygen atoms in total. The molecule has 1 rings (SSSR count). The summed E-state index contributed by atoms with van der Waals surface area (Å²) in [6.45, 7) is 2.42. The number of nitro benzene ring substituents is 1. The molecule has 0 saturated carbocycles. The minimum atomic E-state index is -0.488. The van der Waals surface area contributed by atoms with Crippen LogP contribution in [0.15, 0.2) is 18.2 Å². The number of hydrogen-bond acceptors (Lipinski definition) is 6. The molecular formula is C13H18N2O5. The Morgan fingerprint density at radius 1 is 1.40 bits per heavy atom. The lowest BCUT2D eigenvalue weighted by Crippen LogP contribution is -2.31. The third-order valence-electron chi connectivity index (χ3n) is 2.76. The summed E-state index contributed by atoms with van der Waals surface area (Å²) < 4.78 is 9.61. The molecule has 0 N–H and O–H groups in total. The topological polar surface area (TPSA) is 81.9 Å². The van der Waals surface area contributed by atoms with Gasteiger partial charge in [0.05, 0.1) is 25.2 Å². The molecule has 0 heterocycles. The summed E-state index contributed by atoms with van der Waals surface area (Å²) in [6.07, 6.45) is 0.750. The number of benzene rings is 1. The lowest BCUT2D eigenvalue weighted by Gasteiger charge is -2.22. The first-order chi connectivity index (χ1) is 9.53. The normalized spacial score (nSPS) is 9.95. The van der Waals surface area contributed by atoms with Crippen molar-refractivity contribution >= 4 is 17.3 Å². The molecule has 0 fully saturated rings. The Bertz CT molecular complexity index is 490. The zero-order valence-corrected chi connectivity index (χ0v) is 11.8. The van der Waals surface area contributed by atoms with Crippen LogP contribution in [0.3, 0.4) is 0 Å². The average molecular weight is 282 g/mol. The number of carbonyl (C=O) groups is 1. The molecule has 20 heavy (non-hydrogen) atoms. The van der Waals surface area contributed by atoms with Crippen LogP contribution >= 0.6 is 0 Å². The van der Waals surface area contributed by atoms with Gasteiger partial charge in [-0.2, -0.15) is 0 Å². The first kappa shape index (κ1) is 15.7. The maximum atomic E-state index is 11.4. The standard InChI is InChI=1S/C13H18N2O5/c1-4-7-14(9-13(16)20-3)11-6-5-10(19-2)8-12(11)15(17)18/h5-6,8H,4,7,9H2,1-3H3. The first-order valence-corrected chi connectivity index (χ1v) is 6.17. The molecule has 1 aromatic carbocycles. The van der Waals surface area contributed by atoms with E-state index in [0.717, 1.165) is 6.42 Å². The van der Waals surface area contributed by atoms with E-state index in [1.165, 1.54) is 20.3 Å². The van der Waals surface area contributed by atoms with E-state index in [0.29, 0.717) is 18.0 Å². The van der Waals surface area contributed by atoms with Gasteiger partial charge in [-0.15, -0.1) is 0 Å². The first-order valence-electron chi connectivity index (χ1n) is 6.17. The van der Waals surface area contributed by atoms with Crippen molar-refractivity contribution in [1.29, 1.82) is 0 Å². The molecule has 0 aliphatic rings. The van der Waals surface area contributed by atoms with Crippen LogP contribution in [0.5, 0.6) is 5.75 Å². The molecular weight excluding hydrogens is 264 g/mol. The quantitative estimate of drug-likeness (QED) is 0.432. The number of carbonyl (C=O) groups excluding carboxylic acids is 1. The molecule has 0 atom stereocenters. The van der Waals surface area contributed by atoms with Crippen molar-refractivity contribution in [3.8, 4) is 5.75 Å². The minimum Gasteiger partial charge on any atom is -0.496 e. The average Bonchev–Trinajstić information content (AvgIpc) is 2.45. The molecule has 0 radical (unpaired) electrons. The monoisotopic (exact) mass is 282 g/mol. The van der Waals surface area contributed by atoms with Crippen LogP contribution in [0.1, 0.15) is 13.3 Å². The van der Waals surface area contributed by atoms with Crippen LogP contribution in [0.2, 0.25) is 0 Å². The Labute approximate surface area is 117 Å². The molecule has 110 valence electrons. The molecule has 0 aliphatic heterocycles. The fraction of sp³-hybridized carbons (Fsp3) is 0.462. The highest BCUT2D eigenvalue weighted by atomic mass is 16.6. The van der Waals surface area contributed by atoms with Gasteiger partial charge >= 0.3 is 5.97 Å². The molecule has 0 aromatic heterocycles. The smallest absolute Gasteiger partial charge is 0.325 e. The van der Waals surface area contributed by atoms with Crippen LogP contribution < -0.4 is 9.64 Å². The summed E-state index contributed by atoms with van der Waals surface area (Å²) >= 11 is 0. The van der Waals surface area contributed by atoms with E-state index in [1.54, 1.807) is 17.0 Å². The maximum Gasteiger partial charge on any atom is 0.325 e. The summed E-state index contributed by atoms with van der Waals surface area (Å²) in [4.78, 5) is 23.7. The van der Waals surface area contributed by atoms with Gasteiger partial charge in [0.15, 0.2) is 0 Å². The van der Waals surface area contributed by atoms with Crippen molar-refractivity contribution in [1.82, 2.24) is 0 Å². The molecule has 0 spiro atoms. The van der Waals surface area contributed by atoms with E-state index in [9.17, 15) is 14.9 Å². The van der Waals surface area contributed by atoms with Gasteiger partial charge in [0.1, 0.15) is 18.0 Å². The van der Waals surface area contributed by atoms with Gasteiger partial charge in [-0.25, -0.2) is 0 Å². The van der Waals surface area contributed by atoms with Crippen LogP contribution in [-0.4, -0.2) is 38.2 Å². The van der Waals surface area contributed by atoms with E-state index in [2.05, 4.69) is 4.74 Å². The zero-order chi connectivity index (χ0) is 15.1. The fourth-order valence-corrected chi connectivity index (χ4v) is 1.82. The second-order valence-corrected chi connectivity index (χ2v) is 4.11. The van der Waals surface area contributed by atoms with E-state index < -0.39 is 10.9 Å². The highest BCUT2D eigenvalue weighted by Crippen LogP contribution is 2.32. The van der Waals surface area contributed by atoms with Gasteiger partial charge in [-0.3, -0.25) is 14.9 Å². The maximum absolute atomic E-state index is 11.4. The van der Waals surface area contributed by atoms with E-state index in [4.69, 9.17) is 4.74 Å². The number of hydrogen-bond donors (Lipinski definition) is 0. The van der Waals surface area contributed by atoms with Crippen molar-refractivity contribution < 1.29 is 19.2 Å². The van der Waals surface area contributed by atoms with E-state index in [1.807, 2.05) is 6.92 Å². The lowest BCUT2D eigenvalue weighted by molar-refractivity contribution is -0.384. The summed E-state index contributed by atoms with van der Waals surface area (Å²) in [6, 6.07) is 4.55. The molecule has 0 amide bonds. The Morgan fingerprint density at radius 3 is 2.60 bits per heavy atom. The summed E-state index contributed by atoms with van der Waals surface area (Å²) in [7, 11) is 2.73. The second-order valence-electron chi connectivity index (χ2n) is 4.11. The van der Waals surface area contributed by atoms with Crippen molar-refractivity contribution in [3.63, 3.8) is 0 Å². The van der Waals surface area contributed by atoms with Gasteiger partial charge in [0, 0.05) is 6.54 Å². The van der Waals surface area contributed by atoms with Crippen molar-refractivity contribution in [2.45, 2.75) is 13.3 Å². The fourth-order valence-electron chi connectivity index (χ4n) is 1.82. The number of ether oxygens (including phenoxy) is 2. The molecule has 0 bridgehead atoms. The number of anilines is 1. The predicted octanol–water partition coefficient (Wildman–Crippen LogP) is 1.99. The summed E-state index contributed by atoms with van der Waals surface area (Å²) in [5, 5.41) is 11.2. The van der Waals surface area contributed by atoms with Gasteiger partial charge in [-0.05, 0) is 18.6 Å². The number of nitro groups is 1. The highest BCUT2D eigenvalue weighted by Gasteiger charge is 2.22. The second kappa shape index (κ2) is 7.32. The number of methoxy groups -OCH3 is 2. The van der Waals surface area contributed by atoms with Gasteiger partial charge in [0.25, 0.3) is 5.69 Å². The SMILES string of the molecule is CCCN(CC(=O)OC)c1ccc(OC)cc1[N+](=O)[O-]. The molecule has 0 saturated heterocycles. The largest absolute Gasteiger partial charge is 0.496 e. The van der Waals surface area contributed by atoms with Crippen molar-refractivity contribution in [2.75, 3.05) is 32.2 Å². The third kappa shape index (κ3) is 3.84. The van der Waals surface area contributed by atoms with Crippen LogP contribution in [-0.2, 0) is 9.53 Å². The molecule has 1 aromatic rings. The van der Waals surface area contributed by atoms with E-state index in [-0.39, 0.29) is 12.2 Å². The van der Waals surface area contributed by atoms with Crippen molar-refractivity contribution in [3.05, 3.63) is 28.3 Å². The summed E-state index contributed by atoms with van der Waals surface area (Å²) in [5.74, 6) is -0.0430. The zero-order valence-electron chi connectivity index (χ0n) is 11.8. The summed E-state index contributed by atoms with van der Waals surface area (Å²) in [5.41, 5.74) is 0.282. The highest BCUT2D eigenvalue weighted by molar-refractivity contribution is 5.78. The van der Waals surface area contributed by atoms with Crippen molar-refractivity contribution in [2.24, 2.45) is 0 Å². The Morgan fingerprint density at radius 2 is 2.10 bits per heavy atom. The Kier molecular flexibility index (Phi) is 5.76. The van der Waals surface area contributed by atoms with Crippen LogP contribution in [0.25, 0.3) is 0 Å². The lowest BCUT2D eigenvalue weighted by atomic mass is 10.2. The van der Waals surface area contributed by atoms with Gasteiger partial charge in [-0.1, -0.05) is 6.92 Å². The van der Waals surface area contributed by atoms with Gasteiger partial charge < -0.3 is 14.4 Å².